The van der Waals surface area contributed by atoms with Crippen LogP contribution in [0.25, 0.3) is 0 Å². The van der Waals surface area contributed by atoms with E-state index >= 15 is 0 Å². The minimum Gasteiger partial charge on any atom is -0.452 e. The molecule has 136 valence electrons. The summed E-state index contributed by atoms with van der Waals surface area (Å²) >= 11 is 5.69. The minimum atomic E-state index is -0.849. The van der Waals surface area contributed by atoms with Crippen LogP contribution in [0.4, 0.5) is 17.2 Å². The van der Waals surface area contributed by atoms with Gasteiger partial charge in [-0.1, -0.05) is 11.6 Å². The molecule has 0 spiro atoms. The first kappa shape index (κ1) is 19.1. The fourth-order valence-electron chi connectivity index (χ4n) is 2.02. The normalized spacial score (nSPS) is 10.1. The maximum Gasteiger partial charge on any atom is 0.338 e. The third-order valence-electron chi connectivity index (χ3n) is 3.22. The molecule has 0 saturated heterocycles. The number of nitro groups is 1. The molecule has 0 unspecified atom stereocenters. The van der Waals surface area contributed by atoms with E-state index in [1.54, 1.807) is 25.1 Å². The van der Waals surface area contributed by atoms with Gasteiger partial charge in [-0.15, -0.1) is 0 Å². The fourth-order valence-corrected chi connectivity index (χ4v) is 2.13. The predicted octanol–water partition coefficient (Wildman–Crippen LogP) is 2.50. The number of esters is 1. The van der Waals surface area contributed by atoms with Gasteiger partial charge < -0.3 is 15.0 Å². The van der Waals surface area contributed by atoms with Gasteiger partial charge in [-0.25, -0.2) is 9.78 Å². The SMILES string of the molecule is CN(C)c1ccc(C(=O)OCC(=O)Nc2ccc(Cl)cn2)cc1[N+](=O)[O-]. The smallest absolute Gasteiger partial charge is 0.338 e. The molecule has 0 aliphatic rings. The van der Waals surface area contributed by atoms with Gasteiger partial charge in [-0.05, 0) is 24.3 Å². The Morgan fingerprint density at radius 2 is 2.04 bits per heavy atom. The van der Waals surface area contributed by atoms with Crippen molar-refractivity contribution < 1.29 is 19.2 Å². The average Bonchev–Trinajstić information content (AvgIpc) is 2.61. The molecule has 1 amide bonds. The highest BCUT2D eigenvalue weighted by molar-refractivity contribution is 6.30. The first-order valence-corrected chi connectivity index (χ1v) is 7.70. The van der Waals surface area contributed by atoms with Gasteiger partial charge in [0.15, 0.2) is 6.61 Å². The van der Waals surface area contributed by atoms with E-state index in [4.69, 9.17) is 16.3 Å². The summed E-state index contributed by atoms with van der Waals surface area (Å²) in [6.07, 6.45) is 1.36. The summed E-state index contributed by atoms with van der Waals surface area (Å²) in [5.41, 5.74) is 0.0806. The second-order valence-electron chi connectivity index (χ2n) is 5.34. The van der Waals surface area contributed by atoms with Gasteiger partial charge in [-0.3, -0.25) is 14.9 Å². The van der Waals surface area contributed by atoms with Crippen LogP contribution in [0.2, 0.25) is 5.02 Å². The van der Waals surface area contributed by atoms with Gasteiger partial charge in [0.05, 0.1) is 15.5 Å². The Kier molecular flexibility index (Phi) is 6.07. The molecule has 1 aromatic carbocycles. The number of benzene rings is 1. The second kappa shape index (κ2) is 8.26. The second-order valence-corrected chi connectivity index (χ2v) is 5.78. The first-order chi connectivity index (χ1) is 12.3. The Bertz CT molecular complexity index is 839. The van der Waals surface area contributed by atoms with Gasteiger partial charge >= 0.3 is 5.97 Å². The summed E-state index contributed by atoms with van der Waals surface area (Å²) in [6, 6.07) is 6.97. The van der Waals surface area contributed by atoms with Crippen LogP contribution in [0.3, 0.4) is 0 Å². The van der Waals surface area contributed by atoms with Crippen molar-refractivity contribution in [3.8, 4) is 0 Å². The maximum atomic E-state index is 12.0. The highest BCUT2D eigenvalue weighted by Crippen LogP contribution is 2.27. The summed E-state index contributed by atoms with van der Waals surface area (Å²) in [4.78, 5) is 39.8. The summed E-state index contributed by atoms with van der Waals surface area (Å²) in [5.74, 6) is -1.20. The Balaban J connectivity index is 2.01. The molecule has 1 aromatic heterocycles. The van der Waals surface area contributed by atoms with E-state index in [1.165, 1.54) is 24.4 Å². The molecule has 0 aliphatic carbocycles. The summed E-state index contributed by atoms with van der Waals surface area (Å²) in [7, 11) is 3.30. The summed E-state index contributed by atoms with van der Waals surface area (Å²) in [5, 5.41) is 14.0. The molecule has 0 aliphatic heterocycles. The molecule has 1 heterocycles. The fraction of sp³-hybridized carbons (Fsp3) is 0.188. The van der Waals surface area contributed by atoms with E-state index in [-0.39, 0.29) is 17.1 Å². The van der Waals surface area contributed by atoms with E-state index in [0.29, 0.717) is 10.7 Å². The lowest BCUT2D eigenvalue weighted by atomic mass is 10.1. The number of pyridine rings is 1. The van der Waals surface area contributed by atoms with Crippen LogP contribution in [-0.4, -0.2) is 42.5 Å². The van der Waals surface area contributed by atoms with Crippen molar-refractivity contribution in [2.45, 2.75) is 0 Å². The lowest BCUT2D eigenvalue weighted by Gasteiger charge is -2.13. The van der Waals surface area contributed by atoms with Gasteiger partial charge in [-0.2, -0.15) is 0 Å². The average molecular weight is 379 g/mol. The van der Waals surface area contributed by atoms with Crippen LogP contribution in [-0.2, 0) is 9.53 Å². The number of hydrogen-bond acceptors (Lipinski definition) is 7. The predicted molar refractivity (Wildman–Crippen MR) is 95.6 cm³/mol. The Labute approximate surface area is 153 Å². The molecule has 0 atom stereocenters. The number of nitro benzene ring substituents is 1. The molecular formula is C16H15ClN4O5. The van der Waals surface area contributed by atoms with Gasteiger partial charge in [0.25, 0.3) is 11.6 Å². The molecule has 2 rings (SSSR count). The summed E-state index contributed by atoms with van der Waals surface area (Å²) in [6.45, 7) is -0.563. The number of amides is 1. The van der Waals surface area contributed by atoms with Crippen molar-refractivity contribution in [1.82, 2.24) is 4.98 Å². The molecule has 0 fully saturated rings. The van der Waals surface area contributed by atoms with E-state index in [0.717, 1.165) is 6.07 Å². The molecule has 1 N–H and O–H groups in total. The van der Waals surface area contributed by atoms with E-state index in [1.807, 2.05) is 0 Å². The number of hydrogen-bond donors (Lipinski definition) is 1. The highest BCUT2D eigenvalue weighted by atomic mass is 35.5. The quantitative estimate of drug-likeness (QED) is 0.466. The van der Waals surface area contributed by atoms with E-state index in [9.17, 15) is 19.7 Å². The molecular weight excluding hydrogens is 364 g/mol. The first-order valence-electron chi connectivity index (χ1n) is 7.32. The standard InChI is InChI=1S/C16H15ClN4O5/c1-20(2)12-5-3-10(7-13(12)21(24)25)16(23)26-9-15(22)19-14-6-4-11(17)8-18-14/h3-8H,9H2,1-2H3,(H,18,19,22). The van der Waals surface area contributed by atoms with Crippen LogP contribution >= 0.6 is 11.6 Å². The van der Waals surface area contributed by atoms with Crippen molar-refractivity contribution >= 4 is 40.7 Å². The third-order valence-corrected chi connectivity index (χ3v) is 3.44. The van der Waals surface area contributed by atoms with Crippen molar-refractivity contribution in [1.29, 1.82) is 0 Å². The third kappa shape index (κ3) is 4.90. The zero-order chi connectivity index (χ0) is 19.3. The molecule has 0 bridgehead atoms. The van der Waals surface area contributed by atoms with E-state index in [2.05, 4.69) is 10.3 Å². The monoisotopic (exact) mass is 378 g/mol. The number of halogens is 1. The molecule has 2 aromatic rings. The molecule has 0 saturated carbocycles. The van der Waals surface area contributed by atoms with Gasteiger partial charge in [0, 0.05) is 26.4 Å². The molecule has 9 nitrogen and oxygen atoms in total. The van der Waals surface area contributed by atoms with Crippen LogP contribution in [0, 0.1) is 10.1 Å². The van der Waals surface area contributed by atoms with Gasteiger partial charge in [0.1, 0.15) is 11.5 Å². The van der Waals surface area contributed by atoms with Crippen LogP contribution in [0.15, 0.2) is 36.5 Å². The van der Waals surface area contributed by atoms with Crippen LogP contribution < -0.4 is 10.2 Å². The number of aromatic nitrogens is 1. The Hall–Kier alpha value is -3.20. The minimum absolute atomic E-state index is 0.0280. The number of carbonyl (C=O) groups excluding carboxylic acids is 2. The molecule has 0 radical (unpaired) electrons. The zero-order valence-corrected chi connectivity index (χ0v) is 14.7. The number of ether oxygens (including phenoxy) is 1. The number of nitrogens with zero attached hydrogens (tertiary/aromatic N) is 3. The van der Waals surface area contributed by atoms with Crippen molar-refractivity contribution in [3.05, 3.63) is 57.2 Å². The van der Waals surface area contributed by atoms with Crippen LogP contribution in [0.5, 0.6) is 0 Å². The molecule has 10 heteroatoms. The lowest BCUT2D eigenvalue weighted by molar-refractivity contribution is -0.384. The number of anilines is 2. The van der Waals surface area contributed by atoms with Gasteiger partial charge in [0.2, 0.25) is 0 Å². The molecule has 26 heavy (non-hydrogen) atoms. The summed E-state index contributed by atoms with van der Waals surface area (Å²) < 4.78 is 4.88. The van der Waals surface area contributed by atoms with Crippen molar-refractivity contribution in [2.24, 2.45) is 0 Å². The van der Waals surface area contributed by atoms with Crippen molar-refractivity contribution in [2.75, 3.05) is 30.9 Å². The van der Waals surface area contributed by atoms with E-state index < -0.39 is 23.4 Å². The van der Waals surface area contributed by atoms with Crippen molar-refractivity contribution in [3.63, 3.8) is 0 Å². The topological polar surface area (TPSA) is 115 Å². The largest absolute Gasteiger partial charge is 0.452 e. The Morgan fingerprint density at radius 1 is 1.31 bits per heavy atom. The number of nitrogens with one attached hydrogen (secondary N) is 1. The number of rotatable bonds is 6. The lowest BCUT2D eigenvalue weighted by Crippen LogP contribution is -2.21. The Morgan fingerprint density at radius 3 is 2.62 bits per heavy atom. The highest BCUT2D eigenvalue weighted by Gasteiger charge is 2.20. The van der Waals surface area contributed by atoms with Crippen LogP contribution in [0.1, 0.15) is 10.4 Å². The zero-order valence-electron chi connectivity index (χ0n) is 13.9. The maximum absolute atomic E-state index is 12.0. The number of carbonyl (C=O) groups is 2.